The number of nitrogens with two attached hydrogens (primary N) is 2. The first-order chi connectivity index (χ1) is 14.0. The van der Waals surface area contributed by atoms with Crippen LogP contribution in [0.1, 0.15) is 37.5 Å². The molecule has 0 atom stereocenters. The highest BCUT2D eigenvalue weighted by molar-refractivity contribution is 5.79. The van der Waals surface area contributed by atoms with Crippen molar-refractivity contribution in [2.24, 2.45) is 0 Å². The summed E-state index contributed by atoms with van der Waals surface area (Å²) in [6, 6.07) is 12.8. The number of ether oxygens (including phenoxy) is 1. The van der Waals surface area contributed by atoms with Crippen LogP contribution in [0.15, 0.2) is 48.5 Å². The Morgan fingerprint density at radius 1 is 0.900 bits per heavy atom. The minimum Gasteiger partial charge on any atom is -0.472 e. The van der Waals surface area contributed by atoms with Gasteiger partial charge in [0.05, 0.1) is 11.1 Å². The lowest BCUT2D eigenvalue weighted by molar-refractivity contribution is -0.138. The summed E-state index contributed by atoms with van der Waals surface area (Å²) in [6.45, 7) is 5.93. The van der Waals surface area contributed by atoms with Crippen LogP contribution < -0.4 is 16.2 Å². The van der Waals surface area contributed by atoms with Gasteiger partial charge < -0.3 is 16.2 Å². The van der Waals surface area contributed by atoms with Gasteiger partial charge in [-0.2, -0.15) is 23.1 Å². The first kappa shape index (κ1) is 21.4. The van der Waals surface area contributed by atoms with Gasteiger partial charge in [0.25, 0.3) is 0 Å². The number of benzene rings is 2. The summed E-state index contributed by atoms with van der Waals surface area (Å²) in [5, 5.41) is 0. The molecule has 0 aliphatic heterocycles. The lowest BCUT2D eigenvalue weighted by Gasteiger charge is -2.20. The SMILES string of the molecule is CC(C)(C)c1ccc(-c2c(N)nc(N)nc2OCc2ccccc2C(F)(F)F)cc1. The zero-order valence-corrected chi connectivity index (χ0v) is 16.9. The van der Waals surface area contributed by atoms with Gasteiger partial charge in [0.15, 0.2) is 0 Å². The normalized spacial score (nSPS) is 12.1. The molecule has 0 bridgehead atoms. The zero-order chi connectivity index (χ0) is 22.1. The number of alkyl halides is 3. The Bertz CT molecular complexity index is 1040. The molecule has 3 rings (SSSR count). The van der Waals surface area contributed by atoms with Gasteiger partial charge in [-0.3, -0.25) is 0 Å². The van der Waals surface area contributed by atoms with E-state index in [9.17, 15) is 13.2 Å². The summed E-state index contributed by atoms with van der Waals surface area (Å²) in [7, 11) is 0. The largest absolute Gasteiger partial charge is 0.472 e. The van der Waals surface area contributed by atoms with Crippen LogP contribution in [-0.2, 0) is 18.2 Å². The lowest BCUT2D eigenvalue weighted by atomic mass is 9.86. The van der Waals surface area contributed by atoms with E-state index in [2.05, 4.69) is 30.7 Å². The predicted octanol–water partition coefficient (Wildman–Crippen LogP) is 5.20. The summed E-state index contributed by atoms with van der Waals surface area (Å²) >= 11 is 0. The minimum atomic E-state index is -4.49. The fraction of sp³-hybridized carbons (Fsp3) is 0.273. The highest BCUT2D eigenvalue weighted by Gasteiger charge is 2.33. The lowest BCUT2D eigenvalue weighted by Crippen LogP contribution is -2.12. The van der Waals surface area contributed by atoms with Crippen molar-refractivity contribution < 1.29 is 17.9 Å². The molecular weight excluding hydrogens is 393 g/mol. The van der Waals surface area contributed by atoms with Crippen LogP contribution in [0.4, 0.5) is 24.9 Å². The average molecular weight is 416 g/mol. The fourth-order valence-corrected chi connectivity index (χ4v) is 3.06. The molecule has 0 spiro atoms. The second kappa shape index (κ2) is 7.85. The van der Waals surface area contributed by atoms with E-state index in [0.717, 1.165) is 11.6 Å². The van der Waals surface area contributed by atoms with Crippen LogP contribution >= 0.6 is 0 Å². The van der Waals surface area contributed by atoms with E-state index in [4.69, 9.17) is 16.2 Å². The third kappa shape index (κ3) is 4.64. The van der Waals surface area contributed by atoms with Gasteiger partial charge >= 0.3 is 6.18 Å². The first-order valence-electron chi connectivity index (χ1n) is 9.28. The Kier molecular flexibility index (Phi) is 5.61. The fourth-order valence-electron chi connectivity index (χ4n) is 3.06. The second-order valence-electron chi connectivity index (χ2n) is 7.92. The van der Waals surface area contributed by atoms with Gasteiger partial charge in [-0.05, 0) is 22.6 Å². The number of nitrogen functional groups attached to an aromatic ring is 2. The third-order valence-corrected chi connectivity index (χ3v) is 4.65. The van der Waals surface area contributed by atoms with Crippen molar-refractivity contribution in [3.63, 3.8) is 0 Å². The van der Waals surface area contributed by atoms with Gasteiger partial charge in [-0.1, -0.05) is 63.2 Å². The number of rotatable bonds is 4. The molecule has 5 nitrogen and oxygen atoms in total. The van der Waals surface area contributed by atoms with Crippen molar-refractivity contribution in [3.8, 4) is 17.0 Å². The van der Waals surface area contributed by atoms with Crippen molar-refractivity contribution in [2.45, 2.75) is 39.0 Å². The average Bonchev–Trinajstić information content (AvgIpc) is 2.65. The molecule has 4 N–H and O–H groups in total. The van der Waals surface area contributed by atoms with Crippen molar-refractivity contribution in [2.75, 3.05) is 11.5 Å². The third-order valence-electron chi connectivity index (χ3n) is 4.65. The summed E-state index contributed by atoms with van der Waals surface area (Å²) in [5.74, 6) is -0.00716. The van der Waals surface area contributed by atoms with E-state index in [-0.39, 0.29) is 35.2 Å². The molecule has 2 aromatic carbocycles. The molecule has 1 aromatic heterocycles. The Hall–Kier alpha value is -3.29. The van der Waals surface area contributed by atoms with E-state index < -0.39 is 11.7 Å². The molecule has 1 heterocycles. The monoisotopic (exact) mass is 416 g/mol. The van der Waals surface area contributed by atoms with E-state index >= 15 is 0 Å². The molecule has 0 fully saturated rings. The van der Waals surface area contributed by atoms with Crippen LogP contribution in [-0.4, -0.2) is 9.97 Å². The molecule has 158 valence electrons. The molecular formula is C22H23F3N4O. The van der Waals surface area contributed by atoms with E-state index in [1.165, 1.54) is 18.2 Å². The highest BCUT2D eigenvalue weighted by Crippen LogP contribution is 2.36. The second-order valence-corrected chi connectivity index (χ2v) is 7.92. The van der Waals surface area contributed by atoms with Crippen LogP contribution in [0.3, 0.4) is 0 Å². The Labute approximate surface area is 172 Å². The molecule has 0 saturated heterocycles. The van der Waals surface area contributed by atoms with E-state index in [0.29, 0.717) is 11.1 Å². The Morgan fingerprint density at radius 2 is 1.53 bits per heavy atom. The van der Waals surface area contributed by atoms with Crippen molar-refractivity contribution in [1.29, 1.82) is 0 Å². The molecule has 0 aliphatic carbocycles. The van der Waals surface area contributed by atoms with Crippen LogP contribution in [0.25, 0.3) is 11.1 Å². The van der Waals surface area contributed by atoms with Crippen LogP contribution in [0.5, 0.6) is 5.88 Å². The molecule has 0 amide bonds. The molecule has 0 aliphatic rings. The highest BCUT2D eigenvalue weighted by atomic mass is 19.4. The summed E-state index contributed by atoms with van der Waals surface area (Å²) in [6.07, 6.45) is -4.49. The Balaban J connectivity index is 1.98. The quantitative estimate of drug-likeness (QED) is 0.610. The molecule has 3 aromatic rings. The number of aromatic nitrogens is 2. The smallest absolute Gasteiger partial charge is 0.416 e. The van der Waals surface area contributed by atoms with Crippen molar-refractivity contribution in [3.05, 3.63) is 65.2 Å². The van der Waals surface area contributed by atoms with Crippen LogP contribution in [0, 0.1) is 0 Å². The van der Waals surface area contributed by atoms with Gasteiger partial charge in [0, 0.05) is 5.56 Å². The number of anilines is 2. The maximum Gasteiger partial charge on any atom is 0.416 e. The zero-order valence-electron chi connectivity index (χ0n) is 16.9. The van der Waals surface area contributed by atoms with Gasteiger partial charge in [-0.25, -0.2) is 0 Å². The number of hydrogen-bond donors (Lipinski definition) is 2. The molecule has 0 radical (unpaired) electrons. The standard InChI is InChI=1S/C22H23F3N4O/c1-21(2,3)15-10-8-13(9-11-15)17-18(26)28-20(27)29-19(17)30-12-14-6-4-5-7-16(14)22(23,24)25/h4-11H,12H2,1-3H3,(H4,26,27,28,29). The topological polar surface area (TPSA) is 87.0 Å². The molecule has 0 unspecified atom stereocenters. The summed E-state index contributed by atoms with van der Waals surface area (Å²) in [5.41, 5.74) is 13.1. The molecule has 8 heteroatoms. The van der Waals surface area contributed by atoms with E-state index in [1.54, 1.807) is 0 Å². The van der Waals surface area contributed by atoms with Gasteiger partial charge in [0.2, 0.25) is 11.8 Å². The van der Waals surface area contributed by atoms with E-state index in [1.807, 2.05) is 24.3 Å². The first-order valence-corrected chi connectivity index (χ1v) is 9.28. The molecule has 30 heavy (non-hydrogen) atoms. The number of halogens is 3. The van der Waals surface area contributed by atoms with Gasteiger partial charge in [-0.15, -0.1) is 0 Å². The van der Waals surface area contributed by atoms with Gasteiger partial charge in [0.1, 0.15) is 12.4 Å². The maximum absolute atomic E-state index is 13.3. The molecule has 0 saturated carbocycles. The predicted molar refractivity (Wildman–Crippen MR) is 111 cm³/mol. The summed E-state index contributed by atoms with van der Waals surface area (Å²) in [4.78, 5) is 8.05. The van der Waals surface area contributed by atoms with Crippen molar-refractivity contribution in [1.82, 2.24) is 9.97 Å². The number of hydrogen-bond acceptors (Lipinski definition) is 5. The van der Waals surface area contributed by atoms with Crippen LogP contribution in [0.2, 0.25) is 0 Å². The summed E-state index contributed by atoms with van der Waals surface area (Å²) < 4.78 is 45.4. The Morgan fingerprint density at radius 3 is 2.13 bits per heavy atom. The van der Waals surface area contributed by atoms with Crippen molar-refractivity contribution >= 4 is 11.8 Å². The number of nitrogens with zero attached hydrogens (tertiary/aromatic N) is 2. The minimum absolute atomic E-state index is 0.0187. The maximum atomic E-state index is 13.3.